The Morgan fingerprint density at radius 3 is 2.48 bits per heavy atom. The number of hydrogen-bond donors (Lipinski definition) is 1. The second kappa shape index (κ2) is 8.97. The first kappa shape index (κ1) is 20.0. The van der Waals surface area contributed by atoms with Crippen LogP contribution in [0, 0.1) is 0 Å². The number of nitrogens with one attached hydrogen (secondary N) is 1. The highest BCUT2D eigenvalue weighted by Crippen LogP contribution is 2.26. The van der Waals surface area contributed by atoms with Gasteiger partial charge >= 0.3 is 0 Å². The zero-order chi connectivity index (χ0) is 20.8. The number of aromatic nitrogens is 2. The Hall–Kier alpha value is -3.74. The molecule has 3 aromatic rings. The van der Waals surface area contributed by atoms with Crippen LogP contribution in [0.4, 0.5) is 5.82 Å². The molecule has 0 aliphatic rings. The zero-order valence-corrected chi connectivity index (χ0v) is 16.5. The van der Waals surface area contributed by atoms with Crippen LogP contribution < -0.4 is 15.0 Å². The minimum absolute atomic E-state index is 0.217. The maximum absolute atomic E-state index is 12.8. The first-order chi connectivity index (χ1) is 14.0. The smallest absolute Gasteiger partial charge is 0.255 e. The molecule has 1 aromatic carbocycles. The van der Waals surface area contributed by atoms with Crippen LogP contribution in [-0.4, -0.2) is 35.9 Å². The van der Waals surface area contributed by atoms with Gasteiger partial charge in [-0.05, 0) is 48.0 Å². The van der Waals surface area contributed by atoms with Gasteiger partial charge in [0.25, 0.3) is 5.91 Å². The lowest BCUT2D eigenvalue weighted by atomic mass is 10.1. The van der Waals surface area contributed by atoms with Crippen molar-refractivity contribution in [3.8, 4) is 17.0 Å². The van der Waals surface area contributed by atoms with Crippen LogP contribution in [0.1, 0.15) is 22.8 Å². The number of pyridine rings is 2. The molecule has 29 heavy (non-hydrogen) atoms. The van der Waals surface area contributed by atoms with E-state index in [-0.39, 0.29) is 11.8 Å². The van der Waals surface area contributed by atoms with E-state index in [1.54, 1.807) is 38.7 Å². The number of carbonyl (C=O) groups is 2. The van der Waals surface area contributed by atoms with E-state index in [4.69, 9.17) is 4.74 Å². The maximum Gasteiger partial charge on any atom is 0.255 e. The van der Waals surface area contributed by atoms with Gasteiger partial charge in [-0.1, -0.05) is 6.07 Å². The number of nitrogens with zero attached hydrogens (tertiary/aromatic N) is 3. The second-order valence-electron chi connectivity index (χ2n) is 6.42. The summed E-state index contributed by atoms with van der Waals surface area (Å²) in [5, 5.41) is 2.85. The molecule has 0 atom stereocenters. The molecule has 148 valence electrons. The van der Waals surface area contributed by atoms with Crippen molar-refractivity contribution >= 4 is 17.6 Å². The molecular formula is C22H22N4O3. The van der Waals surface area contributed by atoms with E-state index in [0.29, 0.717) is 23.6 Å². The summed E-state index contributed by atoms with van der Waals surface area (Å²) in [6, 6.07) is 14.5. The number of anilines is 1. The van der Waals surface area contributed by atoms with Crippen LogP contribution in [-0.2, 0) is 11.3 Å². The molecule has 7 heteroatoms. The van der Waals surface area contributed by atoms with Gasteiger partial charge in [0.05, 0.1) is 18.4 Å². The number of benzene rings is 1. The van der Waals surface area contributed by atoms with E-state index in [2.05, 4.69) is 15.3 Å². The maximum atomic E-state index is 12.8. The van der Waals surface area contributed by atoms with Crippen LogP contribution in [0.3, 0.4) is 0 Å². The van der Waals surface area contributed by atoms with Crippen molar-refractivity contribution < 1.29 is 14.3 Å². The molecular weight excluding hydrogens is 368 g/mol. The summed E-state index contributed by atoms with van der Waals surface area (Å²) in [4.78, 5) is 34.7. The summed E-state index contributed by atoms with van der Waals surface area (Å²) in [7, 11) is 3.20. The fraction of sp³-hybridized carbons (Fsp3) is 0.182. The molecule has 2 aromatic heterocycles. The Kier molecular flexibility index (Phi) is 6.19. The SMILES string of the molecule is COc1ccc(-c2ccc(C(=O)NCc3cccnc3)c(N(C)C(C)=O)n2)cc1. The molecule has 0 saturated heterocycles. The fourth-order valence-corrected chi connectivity index (χ4v) is 2.73. The highest BCUT2D eigenvalue weighted by molar-refractivity contribution is 6.03. The van der Waals surface area contributed by atoms with E-state index in [1.807, 2.05) is 36.4 Å². The Bertz CT molecular complexity index is 1000. The Balaban J connectivity index is 1.91. The molecule has 0 fully saturated rings. The van der Waals surface area contributed by atoms with Crippen molar-refractivity contribution in [2.45, 2.75) is 13.5 Å². The van der Waals surface area contributed by atoms with Crippen molar-refractivity contribution in [1.29, 1.82) is 0 Å². The third-order valence-electron chi connectivity index (χ3n) is 4.47. The summed E-state index contributed by atoms with van der Waals surface area (Å²) in [5.41, 5.74) is 2.71. The predicted molar refractivity (Wildman–Crippen MR) is 111 cm³/mol. The Labute approximate surface area is 169 Å². The highest BCUT2D eigenvalue weighted by atomic mass is 16.5. The number of rotatable bonds is 6. The van der Waals surface area contributed by atoms with Gasteiger partial charge in [0, 0.05) is 38.5 Å². The largest absolute Gasteiger partial charge is 0.497 e. The Morgan fingerprint density at radius 2 is 1.86 bits per heavy atom. The van der Waals surface area contributed by atoms with Gasteiger partial charge in [0.15, 0.2) is 0 Å². The van der Waals surface area contributed by atoms with Crippen molar-refractivity contribution in [3.63, 3.8) is 0 Å². The standard InChI is InChI=1S/C22H22N4O3/c1-15(27)26(2)21-19(22(28)24-14-16-5-4-12-23-13-16)10-11-20(25-21)17-6-8-18(29-3)9-7-17/h4-13H,14H2,1-3H3,(H,24,28). The van der Waals surface area contributed by atoms with Crippen LogP contribution in [0.15, 0.2) is 60.9 Å². The third kappa shape index (κ3) is 4.76. The van der Waals surface area contributed by atoms with Gasteiger partial charge in [-0.25, -0.2) is 4.98 Å². The monoisotopic (exact) mass is 390 g/mol. The fourth-order valence-electron chi connectivity index (χ4n) is 2.73. The van der Waals surface area contributed by atoms with Crippen molar-refractivity contribution in [2.24, 2.45) is 0 Å². The summed E-state index contributed by atoms with van der Waals surface area (Å²) in [5.74, 6) is 0.507. The number of hydrogen-bond acceptors (Lipinski definition) is 5. The number of methoxy groups -OCH3 is 1. The average molecular weight is 390 g/mol. The summed E-state index contributed by atoms with van der Waals surface area (Å²) < 4.78 is 5.18. The second-order valence-corrected chi connectivity index (χ2v) is 6.42. The van der Waals surface area contributed by atoms with E-state index >= 15 is 0 Å². The van der Waals surface area contributed by atoms with Crippen molar-refractivity contribution in [3.05, 3.63) is 72.1 Å². The van der Waals surface area contributed by atoms with Crippen LogP contribution in [0.5, 0.6) is 5.75 Å². The average Bonchev–Trinajstić information content (AvgIpc) is 2.77. The number of carbonyl (C=O) groups excluding carboxylic acids is 2. The molecule has 0 bridgehead atoms. The lowest BCUT2D eigenvalue weighted by molar-refractivity contribution is -0.116. The number of amides is 2. The molecule has 1 N–H and O–H groups in total. The molecule has 3 rings (SSSR count). The molecule has 0 radical (unpaired) electrons. The third-order valence-corrected chi connectivity index (χ3v) is 4.47. The minimum Gasteiger partial charge on any atom is -0.497 e. The van der Waals surface area contributed by atoms with Crippen molar-refractivity contribution in [1.82, 2.24) is 15.3 Å². The molecule has 0 spiro atoms. The van der Waals surface area contributed by atoms with Gasteiger partial charge in [0.1, 0.15) is 11.6 Å². The molecule has 2 amide bonds. The number of ether oxygens (including phenoxy) is 1. The molecule has 0 saturated carbocycles. The van der Waals surface area contributed by atoms with Gasteiger partial charge in [0.2, 0.25) is 5.91 Å². The first-order valence-electron chi connectivity index (χ1n) is 9.06. The van der Waals surface area contributed by atoms with E-state index in [9.17, 15) is 9.59 Å². The molecule has 7 nitrogen and oxygen atoms in total. The lowest BCUT2D eigenvalue weighted by Crippen LogP contribution is -2.30. The summed E-state index contributed by atoms with van der Waals surface area (Å²) >= 11 is 0. The van der Waals surface area contributed by atoms with E-state index < -0.39 is 0 Å². The quantitative estimate of drug-likeness (QED) is 0.699. The van der Waals surface area contributed by atoms with Gasteiger partial charge in [-0.15, -0.1) is 0 Å². The zero-order valence-electron chi connectivity index (χ0n) is 16.5. The molecule has 0 unspecified atom stereocenters. The van der Waals surface area contributed by atoms with Crippen LogP contribution in [0.25, 0.3) is 11.3 Å². The van der Waals surface area contributed by atoms with Gasteiger partial charge in [-0.2, -0.15) is 0 Å². The summed E-state index contributed by atoms with van der Waals surface area (Å²) in [6.45, 7) is 1.76. The van der Waals surface area contributed by atoms with E-state index in [1.165, 1.54) is 11.8 Å². The molecule has 0 aliphatic carbocycles. The topological polar surface area (TPSA) is 84.4 Å². The van der Waals surface area contributed by atoms with Crippen LogP contribution in [0.2, 0.25) is 0 Å². The van der Waals surface area contributed by atoms with Crippen molar-refractivity contribution in [2.75, 3.05) is 19.1 Å². The normalized spacial score (nSPS) is 10.3. The van der Waals surface area contributed by atoms with Crippen LogP contribution >= 0.6 is 0 Å². The van der Waals surface area contributed by atoms with Gasteiger partial charge < -0.3 is 10.1 Å². The van der Waals surface area contributed by atoms with Gasteiger partial charge in [-0.3, -0.25) is 19.5 Å². The highest BCUT2D eigenvalue weighted by Gasteiger charge is 2.19. The Morgan fingerprint density at radius 1 is 1.10 bits per heavy atom. The lowest BCUT2D eigenvalue weighted by Gasteiger charge is -2.19. The molecule has 0 aliphatic heterocycles. The molecule has 2 heterocycles. The predicted octanol–water partition coefficient (Wildman–Crippen LogP) is 3.06. The minimum atomic E-state index is -0.314. The first-order valence-corrected chi connectivity index (χ1v) is 9.06. The van der Waals surface area contributed by atoms with E-state index in [0.717, 1.165) is 16.9 Å². The summed E-state index contributed by atoms with van der Waals surface area (Å²) in [6.07, 6.45) is 3.36.